The Morgan fingerprint density at radius 3 is 2.30 bits per heavy atom. The van der Waals surface area contributed by atoms with Crippen LogP contribution < -0.4 is 0 Å². The zero-order valence-electron chi connectivity index (χ0n) is 17.4. The van der Waals surface area contributed by atoms with Crippen LogP contribution in [0.5, 0.6) is 0 Å². The zero-order chi connectivity index (χ0) is 19.3. The van der Waals surface area contributed by atoms with Gasteiger partial charge in [-0.05, 0) is 38.0 Å². The molecule has 1 aliphatic heterocycles. The van der Waals surface area contributed by atoms with Gasteiger partial charge in [-0.1, -0.05) is 26.7 Å². The van der Waals surface area contributed by atoms with Gasteiger partial charge in [0.25, 0.3) is 0 Å². The first-order valence-electron chi connectivity index (χ1n) is 10.4. The quantitative estimate of drug-likeness (QED) is 0.701. The molecule has 150 valence electrons. The molecule has 0 atom stereocenters. The summed E-state index contributed by atoms with van der Waals surface area (Å²) >= 11 is 0. The number of H-pyrrole nitrogens is 1. The molecule has 0 unspecified atom stereocenters. The van der Waals surface area contributed by atoms with Crippen LogP contribution in [0.2, 0.25) is 0 Å². The minimum absolute atomic E-state index is 0.0235. The molecule has 1 N–H and O–H groups in total. The van der Waals surface area contributed by atoms with Gasteiger partial charge in [0.1, 0.15) is 11.5 Å². The van der Waals surface area contributed by atoms with E-state index >= 15 is 0 Å². The van der Waals surface area contributed by atoms with E-state index in [1.165, 1.54) is 5.69 Å². The number of hydrogen-bond acceptors (Lipinski definition) is 4. The molecule has 0 bridgehead atoms. The van der Waals surface area contributed by atoms with Crippen molar-refractivity contribution in [3.63, 3.8) is 0 Å². The summed E-state index contributed by atoms with van der Waals surface area (Å²) in [6, 6.07) is 0. The highest BCUT2D eigenvalue weighted by molar-refractivity contribution is 5.35. The second kappa shape index (κ2) is 8.51. The molecule has 1 aromatic rings. The van der Waals surface area contributed by atoms with Crippen molar-refractivity contribution in [2.75, 3.05) is 33.9 Å². The second-order valence-corrected chi connectivity index (χ2v) is 8.09. The minimum Gasteiger partial charge on any atom is -0.500 e. The lowest BCUT2D eigenvalue weighted by Crippen LogP contribution is -2.36. The smallest absolute Gasteiger partial charge is 0.106 e. The van der Waals surface area contributed by atoms with E-state index in [0.717, 1.165) is 69.7 Å². The average molecular weight is 374 g/mol. The molecule has 0 amide bonds. The summed E-state index contributed by atoms with van der Waals surface area (Å²) in [6.45, 7) is 7.66. The highest BCUT2D eigenvalue weighted by Crippen LogP contribution is 2.52. The van der Waals surface area contributed by atoms with Crippen molar-refractivity contribution in [2.24, 2.45) is 10.8 Å². The number of aromatic amines is 1. The summed E-state index contributed by atoms with van der Waals surface area (Å²) in [5.74, 6) is 2.22. The third-order valence-corrected chi connectivity index (χ3v) is 6.24. The van der Waals surface area contributed by atoms with Crippen molar-refractivity contribution in [2.45, 2.75) is 52.4 Å². The Morgan fingerprint density at radius 1 is 1.11 bits per heavy atom. The highest BCUT2D eigenvalue weighted by atomic mass is 16.5. The molecule has 3 rings (SSSR count). The monoisotopic (exact) mass is 373 g/mol. The third-order valence-electron chi connectivity index (χ3n) is 6.24. The summed E-state index contributed by atoms with van der Waals surface area (Å²) in [6.07, 6.45) is 15.0. The van der Waals surface area contributed by atoms with Gasteiger partial charge in [0.05, 0.1) is 26.0 Å². The van der Waals surface area contributed by atoms with Crippen LogP contribution in [-0.4, -0.2) is 48.7 Å². The van der Waals surface area contributed by atoms with Gasteiger partial charge in [0, 0.05) is 36.8 Å². The molecule has 0 aromatic carbocycles. The lowest BCUT2D eigenvalue weighted by atomic mass is 9.67. The number of nitrogens with zero attached hydrogens (tertiary/aromatic N) is 2. The van der Waals surface area contributed by atoms with E-state index in [-0.39, 0.29) is 10.8 Å². The van der Waals surface area contributed by atoms with Crippen LogP contribution in [0.3, 0.4) is 0 Å². The highest BCUT2D eigenvalue weighted by Gasteiger charge is 2.48. The zero-order valence-corrected chi connectivity index (χ0v) is 17.4. The first kappa shape index (κ1) is 20.0. The van der Waals surface area contributed by atoms with Crippen LogP contribution in [-0.2, 0) is 15.9 Å². The van der Waals surface area contributed by atoms with Gasteiger partial charge in [-0.25, -0.2) is 4.98 Å². The van der Waals surface area contributed by atoms with Crippen LogP contribution in [0, 0.1) is 10.8 Å². The molecule has 1 aromatic heterocycles. The van der Waals surface area contributed by atoms with Gasteiger partial charge in [-0.2, -0.15) is 0 Å². The SMILES string of the molecule is CCCC1(CCC)C(OC)=CC2(C=C1OC)CCN(CCc1cnc[nH]1)C2. The number of aromatic nitrogens is 2. The minimum atomic E-state index is -0.0956. The number of nitrogens with one attached hydrogen (secondary N) is 1. The lowest BCUT2D eigenvalue weighted by Gasteiger charge is -2.42. The number of hydrogen-bond donors (Lipinski definition) is 1. The first-order chi connectivity index (χ1) is 13.1. The Bertz CT molecular complexity index is 633. The van der Waals surface area contributed by atoms with Crippen molar-refractivity contribution in [1.29, 1.82) is 0 Å². The average Bonchev–Trinajstić information content (AvgIpc) is 3.32. The van der Waals surface area contributed by atoms with E-state index in [9.17, 15) is 0 Å². The van der Waals surface area contributed by atoms with Crippen LogP contribution in [0.25, 0.3) is 0 Å². The number of likely N-dealkylation sites (tertiary alicyclic amines) is 1. The number of rotatable bonds is 9. The van der Waals surface area contributed by atoms with Gasteiger partial charge in [-0.3, -0.25) is 0 Å². The number of imidazole rings is 1. The van der Waals surface area contributed by atoms with Crippen molar-refractivity contribution >= 4 is 0 Å². The van der Waals surface area contributed by atoms with Gasteiger partial charge < -0.3 is 19.4 Å². The lowest BCUT2D eigenvalue weighted by molar-refractivity contribution is 0.0937. The molecule has 1 saturated heterocycles. The molecular formula is C22H35N3O2. The fourth-order valence-corrected chi connectivity index (χ4v) is 5.01. The van der Waals surface area contributed by atoms with Crippen LogP contribution in [0.1, 0.15) is 51.6 Å². The molecule has 2 heterocycles. The summed E-state index contributed by atoms with van der Waals surface area (Å²) in [7, 11) is 3.65. The normalized spacial score (nSPS) is 21.2. The predicted octanol–water partition coefficient (Wildman–Crippen LogP) is 4.31. The van der Waals surface area contributed by atoms with Gasteiger partial charge >= 0.3 is 0 Å². The molecule has 2 aliphatic rings. The van der Waals surface area contributed by atoms with Crippen molar-refractivity contribution in [3.05, 3.63) is 41.9 Å². The first-order valence-corrected chi connectivity index (χ1v) is 10.4. The molecule has 1 spiro atoms. The van der Waals surface area contributed by atoms with Gasteiger partial charge in [-0.15, -0.1) is 0 Å². The Hall–Kier alpha value is -1.75. The molecule has 1 fully saturated rings. The summed E-state index contributed by atoms with van der Waals surface area (Å²) in [5.41, 5.74) is 1.13. The fourth-order valence-electron chi connectivity index (χ4n) is 5.01. The molecule has 1 aliphatic carbocycles. The van der Waals surface area contributed by atoms with Crippen molar-refractivity contribution in [3.8, 4) is 0 Å². The maximum absolute atomic E-state index is 5.99. The Kier molecular flexibility index (Phi) is 6.30. The number of ether oxygens (including phenoxy) is 2. The fraction of sp³-hybridized carbons (Fsp3) is 0.682. The summed E-state index contributed by atoms with van der Waals surface area (Å²) in [4.78, 5) is 9.86. The third kappa shape index (κ3) is 3.93. The van der Waals surface area contributed by atoms with Crippen molar-refractivity contribution < 1.29 is 9.47 Å². The molecule has 0 saturated carbocycles. The van der Waals surface area contributed by atoms with Crippen molar-refractivity contribution in [1.82, 2.24) is 14.9 Å². The van der Waals surface area contributed by atoms with Gasteiger partial charge in [0.2, 0.25) is 0 Å². The van der Waals surface area contributed by atoms with E-state index < -0.39 is 0 Å². The maximum atomic E-state index is 5.99. The molecule has 27 heavy (non-hydrogen) atoms. The molecular weight excluding hydrogens is 338 g/mol. The largest absolute Gasteiger partial charge is 0.500 e. The van der Waals surface area contributed by atoms with E-state index in [4.69, 9.17) is 9.47 Å². The van der Waals surface area contributed by atoms with E-state index in [1.54, 1.807) is 6.33 Å². The van der Waals surface area contributed by atoms with E-state index in [2.05, 4.69) is 40.9 Å². The number of methoxy groups -OCH3 is 2. The predicted molar refractivity (Wildman–Crippen MR) is 108 cm³/mol. The van der Waals surface area contributed by atoms with Crippen LogP contribution in [0.4, 0.5) is 0 Å². The maximum Gasteiger partial charge on any atom is 0.106 e. The standard InChI is InChI=1S/C22H35N3O2/c1-5-8-22(9-6-2)19(26-3)13-21(14-20(22)27-4)10-12-25(16-21)11-7-18-15-23-17-24-18/h13-15,17H,5-12,16H2,1-4H3,(H,23,24). The molecule has 5 heteroatoms. The Labute approximate surface area is 163 Å². The second-order valence-electron chi connectivity index (χ2n) is 8.09. The summed E-state index contributed by atoms with van der Waals surface area (Å²) in [5, 5.41) is 0. The van der Waals surface area contributed by atoms with Crippen LogP contribution >= 0.6 is 0 Å². The van der Waals surface area contributed by atoms with E-state index in [1.807, 2.05) is 20.4 Å². The summed E-state index contributed by atoms with van der Waals surface area (Å²) < 4.78 is 12.0. The molecule has 0 radical (unpaired) electrons. The van der Waals surface area contributed by atoms with E-state index in [0.29, 0.717) is 0 Å². The topological polar surface area (TPSA) is 50.4 Å². The van der Waals surface area contributed by atoms with Gasteiger partial charge in [0.15, 0.2) is 0 Å². The Balaban J connectivity index is 1.81. The molecule has 5 nitrogen and oxygen atoms in total. The Morgan fingerprint density at radius 2 is 1.78 bits per heavy atom. The van der Waals surface area contributed by atoms with Crippen LogP contribution in [0.15, 0.2) is 36.2 Å².